The van der Waals surface area contributed by atoms with E-state index in [2.05, 4.69) is 55.4 Å². The molecule has 0 spiro atoms. The summed E-state index contributed by atoms with van der Waals surface area (Å²) in [7, 11) is 2.18. The fourth-order valence-electron chi connectivity index (χ4n) is 2.70. The molecule has 3 nitrogen and oxygen atoms in total. The summed E-state index contributed by atoms with van der Waals surface area (Å²) < 4.78 is 6.00. The summed E-state index contributed by atoms with van der Waals surface area (Å²) in [5.74, 6) is 0. The standard InChI is InChI=1S/C17H28N2O/c1-4-9-18-16(17-13-19(3)10-11-20-17)12-15-7-5-14(2)6-8-15/h5-8,16-18H,4,9-13H2,1-3H3. The molecule has 1 aromatic rings. The Kier molecular flexibility index (Phi) is 6.02. The number of benzene rings is 1. The van der Waals surface area contributed by atoms with Crippen molar-refractivity contribution in [2.75, 3.05) is 33.3 Å². The van der Waals surface area contributed by atoms with Gasteiger partial charge in [0, 0.05) is 19.1 Å². The van der Waals surface area contributed by atoms with Gasteiger partial charge in [-0.15, -0.1) is 0 Å². The minimum atomic E-state index is 0.293. The summed E-state index contributed by atoms with van der Waals surface area (Å²) in [6, 6.07) is 9.27. The average Bonchev–Trinajstić information content (AvgIpc) is 2.45. The van der Waals surface area contributed by atoms with E-state index in [4.69, 9.17) is 4.74 Å². The Bertz CT molecular complexity index is 390. The third-order valence-corrected chi connectivity index (χ3v) is 3.98. The molecule has 1 heterocycles. The monoisotopic (exact) mass is 276 g/mol. The summed E-state index contributed by atoms with van der Waals surface area (Å²) in [6.45, 7) is 8.31. The van der Waals surface area contributed by atoms with Crippen LogP contribution in [0.3, 0.4) is 0 Å². The quantitative estimate of drug-likeness (QED) is 0.862. The summed E-state index contributed by atoms with van der Waals surface area (Å²) in [5, 5.41) is 3.67. The second kappa shape index (κ2) is 7.77. The average molecular weight is 276 g/mol. The van der Waals surface area contributed by atoms with Gasteiger partial charge in [0.15, 0.2) is 0 Å². The first kappa shape index (κ1) is 15.5. The van der Waals surface area contributed by atoms with Gasteiger partial charge in [0.25, 0.3) is 0 Å². The Balaban J connectivity index is 2.00. The molecule has 2 unspecified atom stereocenters. The Hall–Kier alpha value is -0.900. The number of hydrogen-bond donors (Lipinski definition) is 1. The number of nitrogens with one attached hydrogen (secondary N) is 1. The minimum absolute atomic E-state index is 0.293. The van der Waals surface area contributed by atoms with E-state index in [-0.39, 0.29) is 0 Å². The van der Waals surface area contributed by atoms with Crippen molar-refractivity contribution in [1.29, 1.82) is 0 Å². The Morgan fingerprint density at radius 3 is 2.75 bits per heavy atom. The van der Waals surface area contributed by atoms with Gasteiger partial charge in [-0.05, 0) is 38.9 Å². The van der Waals surface area contributed by atoms with Crippen LogP contribution in [0.5, 0.6) is 0 Å². The van der Waals surface area contributed by atoms with E-state index in [9.17, 15) is 0 Å². The largest absolute Gasteiger partial charge is 0.374 e. The van der Waals surface area contributed by atoms with Crippen LogP contribution in [-0.4, -0.2) is 50.3 Å². The lowest BCUT2D eigenvalue weighted by Crippen LogP contribution is -2.52. The van der Waals surface area contributed by atoms with Crippen LogP contribution < -0.4 is 5.32 Å². The lowest BCUT2D eigenvalue weighted by molar-refractivity contribution is -0.0383. The molecule has 1 N–H and O–H groups in total. The van der Waals surface area contributed by atoms with Crippen LogP contribution in [0.1, 0.15) is 24.5 Å². The predicted molar refractivity (Wildman–Crippen MR) is 84.2 cm³/mol. The fraction of sp³-hybridized carbons (Fsp3) is 0.647. The second-order valence-corrected chi connectivity index (χ2v) is 5.92. The van der Waals surface area contributed by atoms with E-state index < -0.39 is 0 Å². The zero-order chi connectivity index (χ0) is 14.4. The molecule has 112 valence electrons. The maximum Gasteiger partial charge on any atom is 0.0858 e. The zero-order valence-electron chi connectivity index (χ0n) is 13.1. The van der Waals surface area contributed by atoms with E-state index in [1.807, 2.05) is 0 Å². The molecule has 0 bridgehead atoms. The first-order valence-electron chi connectivity index (χ1n) is 7.78. The highest BCUT2D eigenvalue weighted by Gasteiger charge is 2.26. The van der Waals surface area contributed by atoms with Crippen molar-refractivity contribution >= 4 is 0 Å². The van der Waals surface area contributed by atoms with E-state index in [1.165, 1.54) is 11.1 Å². The van der Waals surface area contributed by atoms with Gasteiger partial charge in [-0.25, -0.2) is 0 Å². The van der Waals surface area contributed by atoms with Gasteiger partial charge in [-0.1, -0.05) is 36.8 Å². The van der Waals surface area contributed by atoms with Gasteiger partial charge >= 0.3 is 0 Å². The van der Waals surface area contributed by atoms with Crippen LogP contribution in [0.15, 0.2) is 24.3 Å². The number of ether oxygens (including phenoxy) is 1. The lowest BCUT2D eigenvalue weighted by atomic mass is 9.99. The van der Waals surface area contributed by atoms with Crippen molar-refractivity contribution < 1.29 is 4.74 Å². The van der Waals surface area contributed by atoms with Crippen LogP contribution >= 0.6 is 0 Å². The van der Waals surface area contributed by atoms with Gasteiger partial charge in [0.05, 0.1) is 12.7 Å². The molecule has 0 aromatic heterocycles. The lowest BCUT2D eigenvalue weighted by Gasteiger charge is -2.35. The van der Waals surface area contributed by atoms with Crippen LogP contribution in [-0.2, 0) is 11.2 Å². The highest BCUT2D eigenvalue weighted by atomic mass is 16.5. The minimum Gasteiger partial charge on any atom is -0.374 e. The molecule has 3 heteroatoms. The Morgan fingerprint density at radius 1 is 1.35 bits per heavy atom. The van der Waals surface area contributed by atoms with Crippen molar-refractivity contribution in [3.63, 3.8) is 0 Å². The molecule has 1 aromatic carbocycles. The molecule has 1 aliphatic rings. The van der Waals surface area contributed by atoms with Crippen molar-refractivity contribution in [3.05, 3.63) is 35.4 Å². The third-order valence-electron chi connectivity index (χ3n) is 3.98. The molecular formula is C17H28N2O. The van der Waals surface area contributed by atoms with E-state index in [1.54, 1.807) is 0 Å². The fourth-order valence-corrected chi connectivity index (χ4v) is 2.70. The summed E-state index contributed by atoms with van der Waals surface area (Å²) in [5.41, 5.74) is 2.71. The molecule has 0 saturated carbocycles. The molecule has 1 saturated heterocycles. The van der Waals surface area contributed by atoms with Crippen LogP contribution in [0.25, 0.3) is 0 Å². The van der Waals surface area contributed by atoms with E-state index in [0.29, 0.717) is 12.1 Å². The SMILES string of the molecule is CCCNC(Cc1ccc(C)cc1)C1CN(C)CCO1. The first-order chi connectivity index (χ1) is 9.69. The van der Waals surface area contributed by atoms with Crippen LogP contribution in [0.4, 0.5) is 0 Å². The number of hydrogen-bond acceptors (Lipinski definition) is 3. The second-order valence-electron chi connectivity index (χ2n) is 5.92. The van der Waals surface area contributed by atoms with Gasteiger partial charge in [0.2, 0.25) is 0 Å². The number of aryl methyl sites for hydroxylation is 1. The molecule has 1 aliphatic heterocycles. The third kappa shape index (κ3) is 4.58. The van der Waals surface area contributed by atoms with Crippen molar-refractivity contribution in [2.45, 2.75) is 38.8 Å². The normalized spacial score (nSPS) is 21.9. The first-order valence-corrected chi connectivity index (χ1v) is 7.78. The van der Waals surface area contributed by atoms with Crippen molar-refractivity contribution in [2.24, 2.45) is 0 Å². The summed E-state index contributed by atoms with van der Waals surface area (Å²) >= 11 is 0. The summed E-state index contributed by atoms with van der Waals surface area (Å²) in [4.78, 5) is 2.37. The van der Waals surface area contributed by atoms with Crippen molar-refractivity contribution in [3.8, 4) is 0 Å². The molecule has 2 rings (SSSR count). The zero-order valence-corrected chi connectivity index (χ0v) is 13.1. The van der Waals surface area contributed by atoms with Crippen LogP contribution in [0.2, 0.25) is 0 Å². The van der Waals surface area contributed by atoms with Crippen LogP contribution in [0, 0.1) is 6.92 Å². The number of rotatable bonds is 6. The topological polar surface area (TPSA) is 24.5 Å². The molecule has 2 atom stereocenters. The summed E-state index contributed by atoms with van der Waals surface area (Å²) in [6.07, 6.45) is 2.49. The number of likely N-dealkylation sites (N-methyl/N-ethyl adjacent to an activating group) is 1. The van der Waals surface area contributed by atoms with Gasteiger partial charge < -0.3 is 15.0 Å². The smallest absolute Gasteiger partial charge is 0.0858 e. The maximum atomic E-state index is 6.00. The Labute approximate surface area is 123 Å². The van der Waals surface area contributed by atoms with Gasteiger partial charge in [-0.2, -0.15) is 0 Å². The molecule has 20 heavy (non-hydrogen) atoms. The van der Waals surface area contributed by atoms with Gasteiger partial charge in [-0.3, -0.25) is 0 Å². The molecule has 1 fully saturated rings. The Morgan fingerprint density at radius 2 is 2.10 bits per heavy atom. The van der Waals surface area contributed by atoms with E-state index in [0.717, 1.165) is 39.1 Å². The highest BCUT2D eigenvalue weighted by molar-refractivity contribution is 5.22. The van der Waals surface area contributed by atoms with Crippen molar-refractivity contribution in [1.82, 2.24) is 10.2 Å². The number of nitrogens with zero attached hydrogens (tertiary/aromatic N) is 1. The molecule has 0 aliphatic carbocycles. The predicted octanol–water partition coefficient (Wildman–Crippen LogP) is 2.24. The van der Waals surface area contributed by atoms with Gasteiger partial charge in [0.1, 0.15) is 0 Å². The molecule has 0 amide bonds. The molecular weight excluding hydrogens is 248 g/mol. The number of morpholine rings is 1. The molecule has 0 radical (unpaired) electrons. The highest BCUT2D eigenvalue weighted by Crippen LogP contribution is 2.13. The van der Waals surface area contributed by atoms with E-state index >= 15 is 0 Å². The maximum absolute atomic E-state index is 6.00.